The second-order valence-corrected chi connectivity index (χ2v) is 8.90. The molecule has 1 aromatic heterocycles. The number of aromatic nitrogens is 1. The van der Waals surface area contributed by atoms with Gasteiger partial charge in [0.15, 0.2) is 0 Å². The average molecular weight is 566 g/mol. The van der Waals surface area contributed by atoms with Crippen molar-refractivity contribution >= 4 is 69.2 Å². The lowest BCUT2D eigenvalue weighted by atomic mass is 10.0. The van der Waals surface area contributed by atoms with Crippen LogP contribution in [0.15, 0.2) is 83.4 Å². The molecule has 0 aliphatic heterocycles. The number of pyridine rings is 1. The van der Waals surface area contributed by atoms with Crippen LogP contribution in [0.4, 0.5) is 0 Å². The molecular formula is C27H24Cl4N2O3. The van der Waals surface area contributed by atoms with Gasteiger partial charge in [-0.1, -0.05) is 91.6 Å². The number of carbonyl (C=O) groups excluding carboxylic acids is 1. The number of nitrogens with zero attached hydrogens (tertiary/aromatic N) is 1. The Labute approximate surface area is 230 Å². The van der Waals surface area contributed by atoms with Crippen LogP contribution >= 0.6 is 46.4 Å². The van der Waals surface area contributed by atoms with Crippen molar-refractivity contribution in [2.45, 2.75) is 26.3 Å². The van der Waals surface area contributed by atoms with Gasteiger partial charge in [0, 0.05) is 22.4 Å². The third-order valence-corrected chi connectivity index (χ3v) is 6.09. The van der Waals surface area contributed by atoms with Crippen LogP contribution in [0.5, 0.6) is 0 Å². The molecule has 1 unspecified atom stereocenters. The minimum absolute atomic E-state index is 0.0167. The van der Waals surface area contributed by atoms with Crippen molar-refractivity contribution in [1.82, 2.24) is 10.3 Å². The fourth-order valence-corrected chi connectivity index (χ4v) is 4.34. The molecule has 188 valence electrons. The molecule has 0 saturated carbocycles. The van der Waals surface area contributed by atoms with Crippen molar-refractivity contribution in [2.75, 3.05) is 0 Å². The zero-order valence-corrected chi connectivity index (χ0v) is 22.6. The van der Waals surface area contributed by atoms with Gasteiger partial charge in [0.25, 0.3) is 5.91 Å². The second kappa shape index (κ2) is 13.5. The van der Waals surface area contributed by atoms with E-state index in [9.17, 15) is 14.7 Å². The van der Waals surface area contributed by atoms with Crippen LogP contribution < -0.4 is 5.32 Å². The topological polar surface area (TPSA) is 79.3 Å². The van der Waals surface area contributed by atoms with Crippen molar-refractivity contribution in [3.63, 3.8) is 0 Å². The maximum absolute atomic E-state index is 12.6. The highest BCUT2D eigenvalue weighted by Gasteiger charge is 2.24. The van der Waals surface area contributed by atoms with E-state index >= 15 is 0 Å². The molecule has 0 saturated heterocycles. The number of hydrogen-bond donors (Lipinski definition) is 2. The zero-order valence-electron chi connectivity index (χ0n) is 19.6. The Morgan fingerprint density at radius 3 is 2.28 bits per heavy atom. The molecule has 1 atom stereocenters. The van der Waals surface area contributed by atoms with Gasteiger partial charge in [-0.2, -0.15) is 0 Å². The summed E-state index contributed by atoms with van der Waals surface area (Å²) in [6, 6.07) is 12.9. The summed E-state index contributed by atoms with van der Waals surface area (Å²) in [5, 5.41) is 13.7. The number of carboxylic acids is 1. The van der Waals surface area contributed by atoms with E-state index in [4.69, 9.17) is 46.4 Å². The SMILES string of the molecule is C=C/C(Cl)=C(\C(=C)Cl)C(=O)NC(Cc1ccc2nc(-c3c(Cl)cccc3Cl)ccc2c1)C(=O)O.CC. The van der Waals surface area contributed by atoms with Crippen LogP contribution in [0.1, 0.15) is 19.4 Å². The predicted octanol–water partition coefficient (Wildman–Crippen LogP) is 7.78. The third kappa shape index (κ3) is 7.11. The van der Waals surface area contributed by atoms with Gasteiger partial charge < -0.3 is 10.4 Å². The molecule has 0 aliphatic rings. The van der Waals surface area contributed by atoms with E-state index in [2.05, 4.69) is 23.5 Å². The minimum atomic E-state index is -1.24. The van der Waals surface area contributed by atoms with Crippen LogP contribution in [-0.2, 0) is 16.0 Å². The summed E-state index contributed by atoms with van der Waals surface area (Å²) >= 11 is 24.4. The van der Waals surface area contributed by atoms with Gasteiger partial charge in [-0.25, -0.2) is 9.78 Å². The summed E-state index contributed by atoms with van der Waals surface area (Å²) in [4.78, 5) is 29.0. The van der Waals surface area contributed by atoms with Crippen molar-refractivity contribution in [3.8, 4) is 11.3 Å². The van der Waals surface area contributed by atoms with E-state index in [0.29, 0.717) is 32.4 Å². The highest BCUT2D eigenvalue weighted by molar-refractivity contribution is 6.40. The molecule has 1 heterocycles. The van der Waals surface area contributed by atoms with Crippen molar-refractivity contribution in [1.29, 1.82) is 0 Å². The number of hydrogen-bond acceptors (Lipinski definition) is 3. The van der Waals surface area contributed by atoms with E-state index in [1.54, 1.807) is 42.5 Å². The normalized spacial score (nSPS) is 12.1. The van der Waals surface area contributed by atoms with Crippen molar-refractivity contribution < 1.29 is 14.7 Å². The maximum Gasteiger partial charge on any atom is 0.326 e. The lowest BCUT2D eigenvalue weighted by molar-refractivity contribution is -0.141. The minimum Gasteiger partial charge on any atom is -0.480 e. The molecule has 0 fully saturated rings. The Morgan fingerprint density at radius 1 is 1.08 bits per heavy atom. The number of benzene rings is 2. The van der Waals surface area contributed by atoms with Gasteiger partial charge in [0.2, 0.25) is 0 Å². The molecule has 2 aromatic carbocycles. The first-order valence-electron chi connectivity index (χ1n) is 10.9. The number of allylic oxidation sites excluding steroid dienone is 2. The Kier molecular flexibility index (Phi) is 11.0. The Balaban J connectivity index is 0.00000222. The van der Waals surface area contributed by atoms with Crippen LogP contribution in [0.3, 0.4) is 0 Å². The average Bonchev–Trinajstić information content (AvgIpc) is 2.84. The van der Waals surface area contributed by atoms with E-state index < -0.39 is 17.9 Å². The first-order chi connectivity index (χ1) is 17.1. The molecule has 2 N–H and O–H groups in total. The molecular weight excluding hydrogens is 542 g/mol. The summed E-state index contributed by atoms with van der Waals surface area (Å²) in [6.07, 6.45) is 1.24. The van der Waals surface area contributed by atoms with E-state index in [-0.39, 0.29) is 22.1 Å². The summed E-state index contributed by atoms with van der Waals surface area (Å²) in [7, 11) is 0. The highest BCUT2D eigenvalue weighted by Crippen LogP contribution is 2.34. The number of carbonyl (C=O) groups is 2. The zero-order chi connectivity index (χ0) is 27.0. The fourth-order valence-electron chi connectivity index (χ4n) is 3.31. The molecule has 1 amide bonds. The van der Waals surface area contributed by atoms with Crippen LogP contribution in [-0.4, -0.2) is 28.0 Å². The van der Waals surface area contributed by atoms with Gasteiger partial charge in [0.1, 0.15) is 6.04 Å². The number of aliphatic carboxylic acids is 1. The Morgan fingerprint density at radius 2 is 1.72 bits per heavy atom. The molecule has 0 bridgehead atoms. The number of amides is 1. The van der Waals surface area contributed by atoms with Crippen LogP contribution in [0.25, 0.3) is 22.2 Å². The molecule has 5 nitrogen and oxygen atoms in total. The lowest BCUT2D eigenvalue weighted by Gasteiger charge is -2.16. The summed E-state index contributed by atoms with van der Waals surface area (Å²) < 4.78 is 0. The number of halogens is 4. The van der Waals surface area contributed by atoms with Crippen molar-refractivity contribution in [3.05, 3.63) is 99.0 Å². The molecule has 0 radical (unpaired) electrons. The highest BCUT2D eigenvalue weighted by atomic mass is 35.5. The first-order valence-corrected chi connectivity index (χ1v) is 12.4. The summed E-state index contributed by atoms with van der Waals surface area (Å²) in [5.74, 6) is -1.98. The first kappa shape index (κ1) is 29.4. The van der Waals surface area contributed by atoms with E-state index in [1.807, 2.05) is 19.9 Å². The van der Waals surface area contributed by atoms with Gasteiger partial charge in [-0.3, -0.25) is 4.79 Å². The number of nitrogens with one attached hydrogen (secondary N) is 1. The lowest BCUT2D eigenvalue weighted by Crippen LogP contribution is -2.43. The third-order valence-electron chi connectivity index (χ3n) is 4.93. The standard InChI is InChI=1S/C25H18Cl4N2O3.C2H6/c1-3-16(27)22(13(2)26)24(32)31-21(25(33)34)12-14-7-9-19-15(11-14)8-10-20(30-19)23-17(28)5-4-6-18(23)29;1-2/h3-11,21H,1-2,12H2,(H,31,32)(H,33,34);1-2H3/b22-16-;. The Bertz CT molecular complexity index is 1330. The van der Waals surface area contributed by atoms with Gasteiger partial charge in [0.05, 0.1) is 31.9 Å². The summed E-state index contributed by atoms with van der Waals surface area (Å²) in [5.41, 5.74) is 2.46. The van der Waals surface area contributed by atoms with Gasteiger partial charge in [-0.15, -0.1) is 0 Å². The summed E-state index contributed by atoms with van der Waals surface area (Å²) in [6.45, 7) is 11.0. The van der Waals surface area contributed by atoms with Gasteiger partial charge in [-0.05, 0) is 42.0 Å². The molecule has 36 heavy (non-hydrogen) atoms. The number of carboxylic acid groups (broad SMARTS) is 1. The van der Waals surface area contributed by atoms with E-state index in [1.165, 1.54) is 6.08 Å². The molecule has 0 spiro atoms. The smallest absolute Gasteiger partial charge is 0.326 e. The Hall–Kier alpha value is -2.83. The predicted molar refractivity (Wildman–Crippen MR) is 150 cm³/mol. The second-order valence-electron chi connectivity index (χ2n) is 7.22. The molecule has 9 heteroatoms. The number of fused-ring (bicyclic) bond motifs is 1. The monoisotopic (exact) mass is 564 g/mol. The van der Waals surface area contributed by atoms with Crippen molar-refractivity contribution in [2.24, 2.45) is 0 Å². The maximum atomic E-state index is 12.6. The van der Waals surface area contributed by atoms with Crippen LogP contribution in [0, 0.1) is 0 Å². The van der Waals surface area contributed by atoms with Gasteiger partial charge >= 0.3 is 5.97 Å². The number of rotatable bonds is 8. The quantitative estimate of drug-likeness (QED) is 0.216. The van der Waals surface area contributed by atoms with E-state index in [0.717, 1.165) is 5.39 Å². The molecule has 3 aromatic rings. The van der Waals surface area contributed by atoms with Crippen LogP contribution in [0.2, 0.25) is 10.0 Å². The molecule has 0 aliphatic carbocycles. The molecule has 3 rings (SSSR count). The fraction of sp³-hybridized carbons (Fsp3) is 0.148. The largest absolute Gasteiger partial charge is 0.480 e.